The molecule has 19 heavy (non-hydrogen) atoms. The molecule has 96 valence electrons. The number of hydrogen-bond acceptors (Lipinski definition) is 1. The van der Waals surface area contributed by atoms with E-state index in [1.807, 2.05) is 30.3 Å². The van der Waals surface area contributed by atoms with Crippen molar-refractivity contribution < 1.29 is 4.74 Å². The second kappa shape index (κ2) is 5.49. The maximum Gasteiger partial charge on any atom is 0.129 e. The summed E-state index contributed by atoms with van der Waals surface area (Å²) in [7, 11) is 0. The van der Waals surface area contributed by atoms with Crippen molar-refractivity contribution in [1.82, 2.24) is 4.57 Å². The molecule has 1 aromatic heterocycles. The second-order valence-electron chi connectivity index (χ2n) is 4.37. The van der Waals surface area contributed by atoms with Crippen LogP contribution in [0.15, 0.2) is 60.8 Å². The van der Waals surface area contributed by atoms with Gasteiger partial charge in [-0.2, -0.15) is 0 Å². The first-order valence-electron chi connectivity index (χ1n) is 6.19. The van der Waals surface area contributed by atoms with Crippen molar-refractivity contribution in [1.29, 1.82) is 0 Å². The molecule has 0 saturated heterocycles. The maximum atomic E-state index is 5.93. The lowest BCUT2D eigenvalue weighted by molar-refractivity contribution is 0.310. The Morgan fingerprint density at radius 2 is 1.79 bits per heavy atom. The van der Waals surface area contributed by atoms with E-state index in [4.69, 9.17) is 4.74 Å². The minimum atomic E-state index is 0.597. The van der Waals surface area contributed by atoms with Gasteiger partial charge in [0.15, 0.2) is 0 Å². The fraction of sp³-hybridized carbons (Fsp3) is 0.125. The zero-order valence-corrected chi connectivity index (χ0v) is 12.0. The molecule has 0 aliphatic heterocycles. The smallest absolute Gasteiger partial charge is 0.129 e. The lowest BCUT2D eigenvalue weighted by Crippen LogP contribution is -1.95. The van der Waals surface area contributed by atoms with Crippen LogP contribution in [0.25, 0.3) is 10.9 Å². The molecular weight excluding hydrogens is 302 g/mol. The normalized spacial score (nSPS) is 10.8. The van der Waals surface area contributed by atoms with Gasteiger partial charge in [-0.1, -0.05) is 52.3 Å². The van der Waals surface area contributed by atoms with Crippen LogP contribution in [0.2, 0.25) is 0 Å². The molecule has 1 heterocycles. The highest BCUT2D eigenvalue weighted by Gasteiger charge is 2.05. The lowest BCUT2D eigenvalue weighted by Gasteiger charge is -2.08. The van der Waals surface area contributed by atoms with Crippen LogP contribution >= 0.6 is 15.9 Å². The largest absolute Gasteiger partial charge is 0.488 e. The highest BCUT2D eigenvalue weighted by molar-refractivity contribution is 9.08. The topological polar surface area (TPSA) is 14.2 Å². The van der Waals surface area contributed by atoms with Gasteiger partial charge >= 0.3 is 0 Å². The minimum absolute atomic E-state index is 0.597. The average molecular weight is 316 g/mol. The molecule has 3 heteroatoms. The van der Waals surface area contributed by atoms with Gasteiger partial charge in [0.1, 0.15) is 12.4 Å². The predicted molar refractivity (Wildman–Crippen MR) is 81.6 cm³/mol. The third-order valence-electron chi connectivity index (χ3n) is 3.14. The number of rotatable bonds is 4. The van der Waals surface area contributed by atoms with Gasteiger partial charge in [-0.25, -0.2) is 0 Å². The molecule has 0 bridgehead atoms. The Kier molecular flexibility index (Phi) is 3.56. The van der Waals surface area contributed by atoms with Gasteiger partial charge in [0.05, 0.1) is 11.0 Å². The van der Waals surface area contributed by atoms with Crippen LogP contribution in [0.3, 0.4) is 0 Å². The first-order valence-corrected chi connectivity index (χ1v) is 7.31. The number of ether oxygens (including phenoxy) is 1. The van der Waals surface area contributed by atoms with Gasteiger partial charge in [0.25, 0.3) is 0 Å². The fourth-order valence-corrected chi connectivity index (χ4v) is 2.60. The number of nitrogens with zero attached hydrogens (tertiary/aromatic N) is 1. The van der Waals surface area contributed by atoms with E-state index in [0.717, 1.165) is 16.6 Å². The molecule has 0 fully saturated rings. The first kappa shape index (κ1) is 12.3. The van der Waals surface area contributed by atoms with E-state index < -0.39 is 0 Å². The van der Waals surface area contributed by atoms with E-state index in [9.17, 15) is 0 Å². The SMILES string of the molecule is BrCn1ccc2c(OCc3ccccc3)cccc21. The molecule has 0 unspecified atom stereocenters. The van der Waals surface area contributed by atoms with Crippen LogP contribution in [0.4, 0.5) is 0 Å². The molecule has 0 saturated carbocycles. The third-order valence-corrected chi connectivity index (χ3v) is 3.68. The monoisotopic (exact) mass is 315 g/mol. The Bertz CT molecular complexity index is 676. The first-order chi connectivity index (χ1) is 9.38. The number of halogens is 1. The highest BCUT2D eigenvalue weighted by atomic mass is 79.9. The Morgan fingerprint density at radius 1 is 0.947 bits per heavy atom. The van der Waals surface area contributed by atoms with Gasteiger partial charge in [0.2, 0.25) is 0 Å². The van der Waals surface area contributed by atoms with Crippen LogP contribution in [-0.4, -0.2) is 4.57 Å². The van der Waals surface area contributed by atoms with Crippen LogP contribution in [0.1, 0.15) is 5.56 Å². The van der Waals surface area contributed by atoms with Crippen molar-refractivity contribution in [2.24, 2.45) is 0 Å². The van der Waals surface area contributed by atoms with E-state index in [1.165, 1.54) is 11.1 Å². The molecule has 0 amide bonds. The van der Waals surface area contributed by atoms with Crippen LogP contribution in [0.5, 0.6) is 5.75 Å². The number of alkyl halides is 1. The van der Waals surface area contributed by atoms with Crippen LogP contribution in [0, 0.1) is 0 Å². The van der Waals surface area contributed by atoms with Crippen LogP contribution < -0.4 is 4.74 Å². The average Bonchev–Trinajstić information content (AvgIpc) is 2.90. The van der Waals surface area contributed by atoms with Gasteiger partial charge in [-0.3, -0.25) is 0 Å². The molecule has 0 radical (unpaired) electrons. The maximum absolute atomic E-state index is 5.93. The fourth-order valence-electron chi connectivity index (χ4n) is 2.16. The number of fused-ring (bicyclic) bond motifs is 1. The summed E-state index contributed by atoms with van der Waals surface area (Å²) in [5, 5.41) is 1.15. The molecular formula is C16H14BrNO. The molecule has 0 atom stereocenters. The van der Waals surface area contributed by atoms with Gasteiger partial charge in [-0.05, 0) is 23.8 Å². The van der Waals surface area contributed by atoms with Gasteiger partial charge < -0.3 is 9.30 Å². The molecule has 0 aliphatic carbocycles. The highest BCUT2D eigenvalue weighted by Crippen LogP contribution is 2.27. The van der Waals surface area contributed by atoms with Crippen molar-refractivity contribution in [3.8, 4) is 5.75 Å². The summed E-state index contributed by atoms with van der Waals surface area (Å²) in [6.07, 6.45) is 2.06. The summed E-state index contributed by atoms with van der Waals surface area (Å²) in [4.78, 5) is 0. The lowest BCUT2D eigenvalue weighted by atomic mass is 10.2. The van der Waals surface area contributed by atoms with Crippen LogP contribution in [-0.2, 0) is 12.1 Å². The predicted octanol–water partition coefficient (Wildman–Crippen LogP) is 4.57. The summed E-state index contributed by atoms with van der Waals surface area (Å²) in [6, 6.07) is 18.5. The van der Waals surface area contributed by atoms with Crippen molar-refractivity contribution in [3.05, 3.63) is 66.4 Å². The van der Waals surface area contributed by atoms with Gasteiger partial charge in [-0.15, -0.1) is 0 Å². The Labute approximate surface area is 120 Å². The van der Waals surface area contributed by atoms with E-state index in [2.05, 4.69) is 51.0 Å². The zero-order valence-electron chi connectivity index (χ0n) is 10.4. The summed E-state index contributed by atoms with van der Waals surface area (Å²) in [6.45, 7) is 0.597. The molecule has 0 N–H and O–H groups in total. The quantitative estimate of drug-likeness (QED) is 0.643. The summed E-state index contributed by atoms with van der Waals surface area (Å²) >= 11 is 3.48. The van der Waals surface area contributed by atoms with E-state index in [0.29, 0.717) is 6.61 Å². The third kappa shape index (κ3) is 2.51. The molecule has 2 aromatic carbocycles. The Hall–Kier alpha value is -1.74. The molecule has 0 spiro atoms. The van der Waals surface area contributed by atoms with Crippen molar-refractivity contribution >= 4 is 26.8 Å². The van der Waals surface area contributed by atoms with Crippen molar-refractivity contribution in [3.63, 3.8) is 0 Å². The minimum Gasteiger partial charge on any atom is -0.488 e. The zero-order chi connectivity index (χ0) is 13.1. The Morgan fingerprint density at radius 3 is 2.58 bits per heavy atom. The van der Waals surface area contributed by atoms with E-state index in [1.54, 1.807) is 0 Å². The van der Waals surface area contributed by atoms with E-state index in [-0.39, 0.29) is 0 Å². The second-order valence-corrected chi connectivity index (χ2v) is 4.87. The number of aromatic nitrogens is 1. The van der Waals surface area contributed by atoms with E-state index >= 15 is 0 Å². The summed E-state index contributed by atoms with van der Waals surface area (Å²) in [5.41, 5.74) is 3.15. The van der Waals surface area contributed by atoms with Gasteiger partial charge in [0, 0.05) is 11.6 Å². The Balaban J connectivity index is 1.87. The summed E-state index contributed by atoms with van der Waals surface area (Å²) in [5.74, 6) is 0.932. The molecule has 3 aromatic rings. The van der Waals surface area contributed by atoms with Crippen molar-refractivity contribution in [2.45, 2.75) is 12.1 Å². The molecule has 0 aliphatic rings. The van der Waals surface area contributed by atoms with Crippen molar-refractivity contribution in [2.75, 3.05) is 0 Å². The standard InChI is InChI=1S/C16H14BrNO/c17-12-18-10-9-14-15(18)7-4-8-16(14)19-11-13-5-2-1-3-6-13/h1-10H,11-12H2. The molecule has 3 rings (SSSR count). The molecule has 2 nitrogen and oxygen atoms in total. The number of benzene rings is 2. The summed E-state index contributed by atoms with van der Waals surface area (Å²) < 4.78 is 8.08. The number of hydrogen-bond donors (Lipinski definition) is 0.